The Bertz CT molecular complexity index is 831. The number of Topliss-reactive ketones (excluding diaryl/α,β-unsaturated/α-hetero) is 1. The third-order valence-corrected chi connectivity index (χ3v) is 3.81. The van der Waals surface area contributed by atoms with Crippen molar-refractivity contribution in [2.24, 2.45) is 0 Å². The molecule has 1 heterocycles. The van der Waals surface area contributed by atoms with Crippen LogP contribution >= 0.6 is 0 Å². The number of benzene rings is 2. The molecule has 1 N–H and O–H groups in total. The molecule has 3 aromatic rings. The van der Waals surface area contributed by atoms with Crippen molar-refractivity contribution in [1.82, 2.24) is 15.5 Å². The van der Waals surface area contributed by atoms with Crippen molar-refractivity contribution in [2.75, 3.05) is 0 Å². The van der Waals surface area contributed by atoms with Crippen molar-refractivity contribution in [2.45, 2.75) is 18.9 Å². The van der Waals surface area contributed by atoms with Crippen LogP contribution in [0.5, 0.6) is 0 Å². The molecule has 2 aromatic carbocycles. The molecule has 0 aliphatic carbocycles. The number of rotatable bonds is 8. The average molecular weight is 335 g/mol. The largest absolute Gasteiger partial charge is 0.414 e. The number of hydrogen-bond acceptors (Lipinski definition) is 5. The summed E-state index contributed by atoms with van der Waals surface area (Å²) in [5, 5.41) is 10.3. The van der Waals surface area contributed by atoms with E-state index in [1.54, 1.807) is 0 Å². The monoisotopic (exact) mass is 335 g/mol. The normalized spacial score (nSPS) is 11.7. The lowest BCUT2D eigenvalue weighted by Gasteiger charge is -2.12. The van der Waals surface area contributed by atoms with Gasteiger partial charge in [-0.2, -0.15) is 0 Å². The number of amides is 1. The Kier molecular flexibility index (Phi) is 5.31. The molecule has 1 amide bonds. The van der Waals surface area contributed by atoms with Gasteiger partial charge in [-0.1, -0.05) is 48.5 Å². The highest BCUT2D eigenvalue weighted by Crippen LogP contribution is 2.18. The predicted octanol–water partition coefficient (Wildman–Crippen LogP) is 2.67. The van der Waals surface area contributed by atoms with Crippen LogP contribution in [0.1, 0.15) is 22.7 Å². The minimum absolute atomic E-state index is 0.105. The summed E-state index contributed by atoms with van der Waals surface area (Å²) in [5.74, 6) is -0.221. The van der Waals surface area contributed by atoms with Crippen LogP contribution in [-0.2, 0) is 11.2 Å². The van der Waals surface area contributed by atoms with Crippen LogP contribution in [-0.4, -0.2) is 28.4 Å². The molecule has 0 aliphatic heterocycles. The number of carbonyl (C=O) groups is 2. The van der Waals surface area contributed by atoms with Gasteiger partial charge in [-0.15, -0.1) is 10.2 Å². The lowest BCUT2D eigenvalue weighted by molar-refractivity contribution is -0.110. The molecule has 0 spiro atoms. The fraction of sp³-hybridized carbons (Fsp3) is 0.158. The molecule has 0 fully saturated rings. The lowest BCUT2D eigenvalue weighted by atomic mass is 10.0. The molecular weight excluding hydrogens is 318 g/mol. The van der Waals surface area contributed by atoms with Gasteiger partial charge >= 0.3 is 0 Å². The molecule has 1 unspecified atom stereocenters. The lowest BCUT2D eigenvalue weighted by Crippen LogP contribution is -2.36. The van der Waals surface area contributed by atoms with Crippen LogP contribution in [0.2, 0.25) is 0 Å². The first-order valence-corrected chi connectivity index (χ1v) is 7.94. The van der Waals surface area contributed by atoms with E-state index in [0.29, 0.717) is 19.3 Å². The molecule has 6 nitrogen and oxygen atoms in total. The molecule has 0 bridgehead atoms. The summed E-state index contributed by atoms with van der Waals surface area (Å²) in [6, 6.07) is 18.2. The van der Waals surface area contributed by atoms with Gasteiger partial charge in [-0.3, -0.25) is 9.59 Å². The zero-order valence-electron chi connectivity index (χ0n) is 13.5. The number of hydrogen-bond donors (Lipinski definition) is 1. The van der Waals surface area contributed by atoms with Gasteiger partial charge < -0.3 is 9.73 Å². The summed E-state index contributed by atoms with van der Waals surface area (Å²) in [4.78, 5) is 23.4. The average Bonchev–Trinajstić information content (AvgIpc) is 3.16. The van der Waals surface area contributed by atoms with Crippen LogP contribution in [0.3, 0.4) is 0 Å². The fourth-order valence-electron chi connectivity index (χ4n) is 2.50. The number of carbonyl (C=O) groups excluding carboxylic acids is 2. The Hall–Kier alpha value is -3.28. The van der Waals surface area contributed by atoms with Crippen molar-refractivity contribution in [3.63, 3.8) is 0 Å². The van der Waals surface area contributed by atoms with Crippen molar-refractivity contribution in [3.05, 3.63) is 72.1 Å². The second-order valence-electron chi connectivity index (χ2n) is 5.50. The van der Waals surface area contributed by atoms with Crippen LogP contribution in [0.15, 0.2) is 65.1 Å². The highest BCUT2D eigenvalue weighted by Gasteiger charge is 2.25. The van der Waals surface area contributed by atoms with E-state index in [0.717, 1.165) is 11.1 Å². The Morgan fingerprint density at radius 1 is 1.04 bits per heavy atom. The van der Waals surface area contributed by atoms with Gasteiger partial charge in [-0.05, 0) is 30.5 Å². The number of nitrogens with one attached hydrogen (secondary N) is 1. The van der Waals surface area contributed by atoms with Gasteiger partial charge in [0.25, 0.3) is 5.89 Å². The van der Waals surface area contributed by atoms with Gasteiger partial charge in [0.05, 0.1) is 6.04 Å². The zero-order chi connectivity index (χ0) is 17.5. The highest BCUT2D eigenvalue weighted by molar-refractivity contribution is 5.97. The third kappa shape index (κ3) is 4.17. The van der Waals surface area contributed by atoms with Gasteiger partial charge in [0.1, 0.15) is 0 Å². The topological polar surface area (TPSA) is 85.1 Å². The molecule has 3 rings (SSSR count). The maximum atomic E-state index is 12.6. The Morgan fingerprint density at radius 2 is 1.72 bits per heavy atom. The SMILES string of the molecule is O=CNC(CCc1ccccc1)C(=O)c1nnc(-c2ccccc2)o1. The van der Waals surface area contributed by atoms with Crippen LogP contribution in [0.4, 0.5) is 0 Å². The summed E-state index contributed by atoms with van der Waals surface area (Å²) in [6.07, 6.45) is 1.62. The zero-order valence-corrected chi connectivity index (χ0v) is 13.5. The van der Waals surface area contributed by atoms with E-state index in [-0.39, 0.29) is 11.8 Å². The smallest absolute Gasteiger partial charge is 0.286 e. The maximum Gasteiger partial charge on any atom is 0.286 e. The van der Waals surface area contributed by atoms with Crippen molar-refractivity contribution >= 4 is 12.2 Å². The van der Waals surface area contributed by atoms with Crippen LogP contribution in [0.25, 0.3) is 11.5 Å². The number of aromatic nitrogens is 2. The second kappa shape index (κ2) is 8.01. The van der Waals surface area contributed by atoms with E-state index in [2.05, 4.69) is 15.5 Å². The minimum atomic E-state index is -0.707. The molecule has 0 saturated carbocycles. The molecule has 6 heteroatoms. The Labute approximate surface area is 144 Å². The highest BCUT2D eigenvalue weighted by atomic mass is 16.4. The third-order valence-electron chi connectivity index (χ3n) is 3.81. The second-order valence-corrected chi connectivity index (χ2v) is 5.50. The van der Waals surface area contributed by atoms with Crippen molar-refractivity contribution in [1.29, 1.82) is 0 Å². The fourth-order valence-corrected chi connectivity index (χ4v) is 2.50. The number of ketones is 1. The van der Waals surface area contributed by atoms with Crippen molar-refractivity contribution < 1.29 is 14.0 Å². The van der Waals surface area contributed by atoms with E-state index >= 15 is 0 Å². The molecule has 0 radical (unpaired) electrons. The standard InChI is InChI=1S/C19H17N3O3/c23-13-20-16(12-11-14-7-3-1-4-8-14)17(24)19-22-21-18(25-19)15-9-5-2-6-10-15/h1-10,13,16H,11-12H2,(H,20,23). The quantitative estimate of drug-likeness (QED) is 0.505. The summed E-state index contributed by atoms with van der Waals surface area (Å²) < 4.78 is 5.48. The first-order valence-electron chi connectivity index (χ1n) is 7.94. The minimum Gasteiger partial charge on any atom is -0.414 e. The van der Waals surface area contributed by atoms with E-state index < -0.39 is 11.8 Å². The Morgan fingerprint density at radius 3 is 2.40 bits per heavy atom. The summed E-state index contributed by atoms with van der Waals surface area (Å²) in [7, 11) is 0. The van der Waals surface area contributed by atoms with Crippen LogP contribution < -0.4 is 5.32 Å². The summed E-state index contributed by atoms with van der Waals surface area (Å²) in [5.41, 5.74) is 1.82. The van der Waals surface area contributed by atoms with E-state index in [9.17, 15) is 9.59 Å². The first-order chi connectivity index (χ1) is 12.3. The number of nitrogens with zero attached hydrogens (tertiary/aromatic N) is 2. The van der Waals surface area contributed by atoms with Crippen LogP contribution in [0, 0.1) is 0 Å². The number of aryl methyl sites for hydroxylation is 1. The predicted molar refractivity (Wildman–Crippen MR) is 91.8 cm³/mol. The van der Waals surface area contributed by atoms with Crippen molar-refractivity contribution in [3.8, 4) is 11.5 Å². The van der Waals surface area contributed by atoms with E-state index in [1.165, 1.54) is 0 Å². The van der Waals surface area contributed by atoms with E-state index in [1.807, 2.05) is 60.7 Å². The molecular formula is C19H17N3O3. The molecule has 0 saturated heterocycles. The van der Waals surface area contributed by atoms with Gasteiger partial charge in [-0.25, -0.2) is 0 Å². The molecule has 1 aromatic heterocycles. The molecule has 25 heavy (non-hydrogen) atoms. The summed E-state index contributed by atoms with van der Waals surface area (Å²) >= 11 is 0. The summed E-state index contributed by atoms with van der Waals surface area (Å²) in [6.45, 7) is 0. The Balaban J connectivity index is 1.72. The van der Waals surface area contributed by atoms with Gasteiger partial charge in [0.15, 0.2) is 0 Å². The maximum absolute atomic E-state index is 12.6. The molecule has 126 valence electrons. The molecule has 1 atom stereocenters. The van der Waals surface area contributed by atoms with E-state index in [4.69, 9.17) is 4.42 Å². The molecule has 0 aliphatic rings. The van der Waals surface area contributed by atoms with Gasteiger partial charge in [0.2, 0.25) is 18.1 Å². The first kappa shape index (κ1) is 16.6. The van der Waals surface area contributed by atoms with Gasteiger partial charge in [0, 0.05) is 5.56 Å².